The summed E-state index contributed by atoms with van der Waals surface area (Å²) >= 11 is 0. The first-order chi connectivity index (χ1) is 10.6. The van der Waals surface area contributed by atoms with Gasteiger partial charge in [0.1, 0.15) is 11.5 Å². The Kier molecular flexibility index (Phi) is 4.26. The van der Waals surface area contributed by atoms with Gasteiger partial charge in [-0.1, -0.05) is 38.8 Å². The van der Waals surface area contributed by atoms with Gasteiger partial charge in [-0.15, -0.1) is 0 Å². The van der Waals surface area contributed by atoms with Crippen LogP contribution in [0, 0.1) is 11.8 Å². The highest BCUT2D eigenvalue weighted by Crippen LogP contribution is 2.52. The number of unbranched alkanes of at least 4 members (excludes halogenated alkanes) is 2. The fraction of sp³-hybridized carbons (Fsp3) is 0.765. The SMILES string of the molecule is CCCCOC(=O)C1C2C=CC3(CN(CCCC)C(=O)C13)O2. The van der Waals surface area contributed by atoms with Gasteiger partial charge in [-0.25, -0.2) is 0 Å². The topological polar surface area (TPSA) is 55.8 Å². The summed E-state index contributed by atoms with van der Waals surface area (Å²) in [5, 5.41) is 0. The van der Waals surface area contributed by atoms with Crippen LogP contribution < -0.4 is 0 Å². The lowest BCUT2D eigenvalue weighted by Gasteiger charge is -2.22. The lowest BCUT2D eigenvalue weighted by atomic mass is 9.77. The number of carbonyl (C=O) groups excluding carboxylic acids is 2. The minimum Gasteiger partial charge on any atom is -0.465 e. The third kappa shape index (κ3) is 2.35. The van der Waals surface area contributed by atoms with E-state index in [-0.39, 0.29) is 18.0 Å². The predicted octanol–water partition coefficient (Wildman–Crippen LogP) is 1.91. The summed E-state index contributed by atoms with van der Waals surface area (Å²) in [5.41, 5.74) is -0.593. The smallest absolute Gasteiger partial charge is 0.312 e. The molecule has 2 fully saturated rings. The third-order valence-electron chi connectivity index (χ3n) is 4.97. The Balaban J connectivity index is 1.73. The highest BCUT2D eigenvalue weighted by Gasteiger charge is 2.67. The van der Waals surface area contributed by atoms with Crippen molar-refractivity contribution in [3.8, 4) is 0 Å². The zero-order valence-corrected chi connectivity index (χ0v) is 13.4. The second-order valence-corrected chi connectivity index (χ2v) is 6.53. The molecule has 1 spiro atoms. The number of nitrogens with zero attached hydrogens (tertiary/aromatic N) is 1. The zero-order chi connectivity index (χ0) is 15.7. The predicted molar refractivity (Wildman–Crippen MR) is 81.1 cm³/mol. The van der Waals surface area contributed by atoms with Crippen molar-refractivity contribution < 1.29 is 19.1 Å². The molecule has 3 rings (SSSR count). The molecule has 3 heterocycles. The molecular weight excluding hydrogens is 282 g/mol. The van der Waals surface area contributed by atoms with E-state index in [9.17, 15) is 9.59 Å². The molecule has 3 aliphatic rings. The standard InChI is InChI=1S/C17H25NO4/c1-3-5-9-18-11-17-8-7-12(22-17)13(14(17)15(18)19)16(20)21-10-6-4-2/h7-8,12-14H,3-6,9-11H2,1-2H3. The highest BCUT2D eigenvalue weighted by atomic mass is 16.6. The number of rotatable bonds is 7. The van der Waals surface area contributed by atoms with Crippen LogP contribution in [0.3, 0.4) is 0 Å². The summed E-state index contributed by atoms with van der Waals surface area (Å²) in [5.74, 6) is -1.09. The van der Waals surface area contributed by atoms with E-state index in [0.717, 1.165) is 32.2 Å². The number of fused-ring (bicyclic) bond motifs is 1. The van der Waals surface area contributed by atoms with E-state index in [0.29, 0.717) is 13.2 Å². The van der Waals surface area contributed by atoms with Crippen molar-refractivity contribution in [2.75, 3.05) is 19.7 Å². The van der Waals surface area contributed by atoms with Crippen LogP contribution in [0.25, 0.3) is 0 Å². The van der Waals surface area contributed by atoms with Crippen molar-refractivity contribution in [3.63, 3.8) is 0 Å². The average molecular weight is 307 g/mol. The van der Waals surface area contributed by atoms with Crippen molar-refractivity contribution in [1.82, 2.24) is 4.90 Å². The van der Waals surface area contributed by atoms with Crippen LogP contribution in [-0.2, 0) is 19.1 Å². The van der Waals surface area contributed by atoms with Crippen molar-refractivity contribution >= 4 is 11.9 Å². The number of esters is 1. The van der Waals surface area contributed by atoms with Crippen LogP contribution in [0.5, 0.6) is 0 Å². The first-order valence-corrected chi connectivity index (χ1v) is 8.45. The monoisotopic (exact) mass is 307 g/mol. The van der Waals surface area contributed by atoms with Crippen LogP contribution in [0.4, 0.5) is 0 Å². The Morgan fingerprint density at radius 3 is 2.91 bits per heavy atom. The number of amides is 1. The summed E-state index contributed by atoms with van der Waals surface area (Å²) in [6, 6.07) is 0. The second-order valence-electron chi connectivity index (χ2n) is 6.53. The van der Waals surface area contributed by atoms with E-state index in [2.05, 4.69) is 13.8 Å². The quantitative estimate of drug-likeness (QED) is 0.409. The molecule has 4 atom stereocenters. The number of ether oxygens (including phenoxy) is 2. The molecular formula is C17H25NO4. The molecule has 3 aliphatic heterocycles. The molecule has 2 bridgehead atoms. The lowest BCUT2D eigenvalue weighted by Crippen LogP contribution is -2.40. The molecule has 22 heavy (non-hydrogen) atoms. The van der Waals surface area contributed by atoms with E-state index < -0.39 is 17.4 Å². The van der Waals surface area contributed by atoms with E-state index in [1.54, 1.807) is 0 Å². The maximum Gasteiger partial charge on any atom is 0.312 e. The lowest BCUT2D eigenvalue weighted by molar-refractivity contribution is -0.153. The van der Waals surface area contributed by atoms with Crippen molar-refractivity contribution in [2.45, 2.75) is 51.2 Å². The second kappa shape index (κ2) is 6.03. The summed E-state index contributed by atoms with van der Waals surface area (Å²) in [4.78, 5) is 27.0. The van der Waals surface area contributed by atoms with Gasteiger partial charge in [-0.2, -0.15) is 0 Å². The van der Waals surface area contributed by atoms with Crippen LogP contribution in [-0.4, -0.2) is 48.2 Å². The fourth-order valence-electron chi connectivity index (χ4n) is 3.80. The summed E-state index contributed by atoms with van der Waals surface area (Å²) in [7, 11) is 0. The van der Waals surface area contributed by atoms with Gasteiger partial charge in [0.15, 0.2) is 0 Å². The van der Waals surface area contributed by atoms with Crippen molar-refractivity contribution in [1.29, 1.82) is 0 Å². The van der Waals surface area contributed by atoms with Crippen LogP contribution in [0.1, 0.15) is 39.5 Å². The van der Waals surface area contributed by atoms with Gasteiger partial charge in [-0.3, -0.25) is 9.59 Å². The van der Waals surface area contributed by atoms with E-state index in [1.165, 1.54) is 0 Å². The number of carbonyl (C=O) groups is 2. The maximum atomic E-state index is 12.7. The van der Waals surface area contributed by atoms with Gasteiger partial charge in [0.25, 0.3) is 0 Å². The largest absolute Gasteiger partial charge is 0.465 e. The molecule has 1 amide bonds. The Morgan fingerprint density at radius 1 is 1.41 bits per heavy atom. The molecule has 2 saturated heterocycles. The fourth-order valence-corrected chi connectivity index (χ4v) is 3.80. The van der Waals surface area contributed by atoms with Gasteiger partial charge in [0.05, 0.1) is 25.2 Å². The minimum atomic E-state index is -0.593. The van der Waals surface area contributed by atoms with Crippen LogP contribution >= 0.6 is 0 Å². The first kappa shape index (κ1) is 15.5. The molecule has 5 nitrogen and oxygen atoms in total. The molecule has 0 radical (unpaired) electrons. The van der Waals surface area contributed by atoms with Crippen LogP contribution in [0.2, 0.25) is 0 Å². The molecule has 0 aromatic carbocycles. The first-order valence-electron chi connectivity index (χ1n) is 8.45. The van der Waals surface area contributed by atoms with Gasteiger partial charge in [0, 0.05) is 6.54 Å². The molecule has 0 saturated carbocycles. The number of hydrogen-bond acceptors (Lipinski definition) is 4. The Morgan fingerprint density at radius 2 is 2.18 bits per heavy atom. The average Bonchev–Trinajstić information content (AvgIpc) is 3.14. The zero-order valence-electron chi connectivity index (χ0n) is 13.4. The normalized spacial score (nSPS) is 35.3. The minimum absolute atomic E-state index is 0.0535. The summed E-state index contributed by atoms with van der Waals surface area (Å²) in [6.45, 7) is 5.90. The van der Waals surface area contributed by atoms with Gasteiger partial charge >= 0.3 is 5.97 Å². The molecule has 0 aromatic heterocycles. The van der Waals surface area contributed by atoms with E-state index in [1.807, 2.05) is 17.1 Å². The summed E-state index contributed by atoms with van der Waals surface area (Å²) < 4.78 is 11.4. The number of likely N-dealkylation sites (tertiary alicyclic amines) is 1. The molecule has 0 aliphatic carbocycles. The van der Waals surface area contributed by atoms with Gasteiger partial charge < -0.3 is 14.4 Å². The maximum absolute atomic E-state index is 12.7. The Labute approximate surface area is 131 Å². The Bertz CT molecular complexity index is 489. The molecule has 0 N–H and O–H groups in total. The van der Waals surface area contributed by atoms with E-state index >= 15 is 0 Å². The van der Waals surface area contributed by atoms with E-state index in [4.69, 9.17) is 9.47 Å². The Hall–Kier alpha value is -1.36. The van der Waals surface area contributed by atoms with Gasteiger partial charge in [-0.05, 0) is 12.8 Å². The van der Waals surface area contributed by atoms with Crippen molar-refractivity contribution in [2.24, 2.45) is 11.8 Å². The third-order valence-corrected chi connectivity index (χ3v) is 4.97. The number of hydrogen-bond donors (Lipinski definition) is 0. The molecule has 5 heteroatoms. The van der Waals surface area contributed by atoms with Gasteiger partial charge in [0.2, 0.25) is 5.91 Å². The highest BCUT2D eigenvalue weighted by molar-refractivity contribution is 5.91. The van der Waals surface area contributed by atoms with Crippen LogP contribution in [0.15, 0.2) is 12.2 Å². The molecule has 0 aromatic rings. The van der Waals surface area contributed by atoms with Crippen molar-refractivity contribution in [3.05, 3.63) is 12.2 Å². The molecule has 4 unspecified atom stereocenters. The molecule has 122 valence electrons. The summed E-state index contributed by atoms with van der Waals surface area (Å²) in [6.07, 6.45) is 7.48.